The maximum atomic E-state index is 3.78. The second-order valence-corrected chi connectivity index (χ2v) is 2.05. The van der Waals surface area contributed by atoms with Crippen LogP contribution in [-0.4, -0.2) is 36.2 Å². The topological polar surface area (TPSA) is 25.8 Å². The zero-order valence-corrected chi connectivity index (χ0v) is 10.6. The molecule has 0 aliphatic rings. The Kier molecular flexibility index (Phi) is 8.69. The fourth-order valence-electron chi connectivity index (χ4n) is 0.625. The van der Waals surface area contributed by atoms with Crippen molar-refractivity contribution in [2.45, 2.75) is 0 Å². The minimum Gasteiger partial charge on any atom is -0.265 e. The standard InChI is InChI=1S/2C5H5N.Bi/c2*1-2-4-6-5-3-1;/h2*1-5H;. The van der Waals surface area contributed by atoms with Crippen LogP contribution in [0.3, 0.4) is 0 Å². The maximum Gasteiger partial charge on any atom is 0.0267 e. The van der Waals surface area contributed by atoms with Crippen molar-refractivity contribution in [3.63, 3.8) is 0 Å². The van der Waals surface area contributed by atoms with E-state index in [0.29, 0.717) is 0 Å². The van der Waals surface area contributed by atoms with Crippen LogP contribution in [0.4, 0.5) is 0 Å². The van der Waals surface area contributed by atoms with E-state index in [1.54, 1.807) is 24.8 Å². The van der Waals surface area contributed by atoms with Crippen molar-refractivity contribution in [1.29, 1.82) is 0 Å². The monoisotopic (exact) mass is 367 g/mol. The van der Waals surface area contributed by atoms with Crippen molar-refractivity contribution in [1.82, 2.24) is 9.97 Å². The third-order valence-electron chi connectivity index (χ3n) is 1.13. The SMILES string of the molecule is [Bi].c1ccncc1.c1ccncc1. The second kappa shape index (κ2) is 9.27. The van der Waals surface area contributed by atoms with Crippen LogP contribution >= 0.6 is 0 Å². The van der Waals surface area contributed by atoms with Crippen LogP contribution in [0.1, 0.15) is 0 Å². The van der Waals surface area contributed by atoms with Crippen molar-refractivity contribution < 1.29 is 0 Å². The molecule has 2 aromatic heterocycles. The zero-order chi connectivity index (χ0) is 8.49. The van der Waals surface area contributed by atoms with Gasteiger partial charge in [0.25, 0.3) is 0 Å². The molecule has 0 aliphatic heterocycles. The van der Waals surface area contributed by atoms with Gasteiger partial charge in [-0.15, -0.1) is 0 Å². The van der Waals surface area contributed by atoms with Gasteiger partial charge < -0.3 is 0 Å². The Labute approximate surface area is 97.2 Å². The van der Waals surface area contributed by atoms with Gasteiger partial charge in [-0.25, -0.2) is 0 Å². The Hall–Kier alpha value is -0.817. The van der Waals surface area contributed by atoms with Crippen LogP contribution in [0, 0.1) is 0 Å². The van der Waals surface area contributed by atoms with E-state index in [0.717, 1.165) is 0 Å². The van der Waals surface area contributed by atoms with Gasteiger partial charge in [-0.3, -0.25) is 9.97 Å². The summed E-state index contributed by atoms with van der Waals surface area (Å²) in [5.74, 6) is 0. The van der Waals surface area contributed by atoms with Gasteiger partial charge in [0, 0.05) is 51.0 Å². The van der Waals surface area contributed by atoms with E-state index >= 15 is 0 Å². The van der Waals surface area contributed by atoms with E-state index in [1.807, 2.05) is 36.4 Å². The molecule has 0 fully saturated rings. The number of pyridine rings is 2. The third-order valence-corrected chi connectivity index (χ3v) is 1.13. The van der Waals surface area contributed by atoms with Crippen molar-refractivity contribution >= 4 is 26.2 Å². The predicted octanol–water partition coefficient (Wildman–Crippen LogP) is 1.78. The van der Waals surface area contributed by atoms with E-state index in [2.05, 4.69) is 9.97 Å². The summed E-state index contributed by atoms with van der Waals surface area (Å²) in [6.07, 6.45) is 7.00. The molecule has 0 unspecified atom stereocenters. The van der Waals surface area contributed by atoms with Gasteiger partial charge in [0.15, 0.2) is 0 Å². The average Bonchev–Trinajstić information content (AvgIpc) is 2.24. The Morgan fingerprint density at radius 2 is 0.769 bits per heavy atom. The fraction of sp³-hybridized carbons (Fsp3) is 0. The molecule has 0 aromatic carbocycles. The van der Waals surface area contributed by atoms with Crippen LogP contribution in [0.25, 0.3) is 0 Å². The summed E-state index contributed by atoms with van der Waals surface area (Å²) >= 11 is 0. The van der Waals surface area contributed by atoms with Crippen molar-refractivity contribution in [3.05, 3.63) is 61.2 Å². The number of rotatable bonds is 0. The smallest absolute Gasteiger partial charge is 0.0267 e. The number of hydrogen-bond donors (Lipinski definition) is 0. The van der Waals surface area contributed by atoms with Gasteiger partial charge in [0.2, 0.25) is 0 Å². The Morgan fingerprint density at radius 1 is 0.462 bits per heavy atom. The molecule has 2 nitrogen and oxygen atoms in total. The van der Waals surface area contributed by atoms with Crippen molar-refractivity contribution in [2.24, 2.45) is 0 Å². The van der Waals surface area contributed by atoms with E-state index in [1.165, 1.54) is 0 Å². The molecule has 2 aromatic rings. The van der Waals surface area contributed by atoms with Crippen LogP contribution in [0.2, 0.25) is 0 Å². The third kappa shape index (κ3) is 7.54. The molecule has 0 N–H and O–H groups in total. The van der Waals surface area contributed by atoms with E-state index < -0.39 is 0 Å². The quantitative estimate of drug-likeness (QED) is 0.664. The molecule has 13 heavy (non-hydrogen) atoms. The first kappa shape index (κ1) is 12.2. The number of hydrogen-bond acceptors (Lipinski definition) is 2. The summed E-state index contributed by atoms with van der Waals surface area (Å²) in [6, 6.07) is 11.4. The molecule has 0 saturated carbocycles. The van der Waals surface area contributed by atoms with E-state index in [-0.39, 0.29) is 26.2 Å². The van der Waals surface area contributed by atoms with Gasteiger partial charge in [0.05, 0.1) is 0 Å². The maximum absolute atomic E-state index is 3.78. The molecule has 3 heteroatoms. The summed E-state index contributed by atoms with van der Waals surface area (Å²) in [5.41, 5.74) is 0. The van der Waals surface area contributed by atoms with Gasteiger partial charge >= 0.3 is 0 Å². The molecule has 0 saturated heterocycles. The predicted molar refractivity (Wildman–Crippen MR) is 54.2 cm³/mol. The Morgan fingerprint density at radius 3 is 0.846 bits per heavy atom. The zero-order valence-electron chi connectivity index (χ0n) is 7.12. The first-order chi connectivity index (χ1) is 6.00. The second-order valence-electron chi connectivity index (χ2n) is 2.05. The Bertz CT molecular complexity index is 188. The first-order valence-electron chi connectivity index (χ1n) is 3.70. The van der Waals surface area contributed by atoms with Crippen LogP contribution in [-0.2, 0) is 0 Å². The molecule has 0 bridgehead atoms. The van der Waals surface area contributed by atoms with Gasteiger partial charge in [-0.1, -0.05) is 12.1 Å². The van der Waals surface area contributed by atoms with Crippen molar-refractivity contribution in [3.8, 4) is 0 Å². The molecule has 0 spiro atoms. The summed E-state index contributed by atoms with van der Waals surface area (Å²) in [6.45, 7) is 0. The molecule has 2 heterocycles. The normalized spacial score (nSPS) is 7.38. The van der Waals surface area contributed by atoms with Crippen molar-refractivity contribution in [2.75, 3.05) is 0 Å². The fourth-order valence-corrected chi connectivity index (χ4v) is 0.625. The van der Waals surface area contributed by atoms with Gasteiger partial charge in [0.1, 0.15) is 0 Å². The minimum atomic E-state index is 0. The summed E-state index contributed by atoms with van der Waals surface area (Å²) in [4.78, 5) is 7.57. The molecule has 0 atom stereocenters. The Balaban J connectivity index is 0.000000206. The first-order valence-corrected chi connectivity index (χ1v) is 3.70. The molecule has 0 aliphatic carbocycles. The number of aromatic nitrogens is 2. The summed E-state index contributed by atoms with van der Waals surface area (Å²) in [5, 5.41) is 0. The molecular weight excluding hydrogens is 357 g/mol. The largest absolute Gasteiger partial charge is 0.265 e. The average molecular weight is 367 g/mol. The molecule has 0 amide bonds. The van der Waals surface area contributed by atoms with E-state index in [9.17, 15) is 0 Å². The summed E-state index contributed by atoms with van der Waals surface area (Å²) in [7, 11) is 0. The molecular formula is C10H10BiN2. The van der Waals surface area contributed by atoms with Gasteiger partial charge in [-0.2, -0.15) is 0 Å². The van der Waals surface area contributed by atoms with Crippen LogP contribution in [0.5, 0.6) is 0 Å². The minimum absolute atomic E-state index is 0. The van der Waals surface area contributed by atoms with Gasteiger partial charge in [-0.05, 0) is 24.3 Å². The van der Waals surface area contributed by atoms with E-state index in [4.69, 9.17) is 0 Å². The van der Waals surface area contributed by atoms with Crippen LogP contribution < -0.4 is 0 Å². The molecule has 3 radical (unpaired) electrons. The van der Waals surface area contributed by atoms with Crippen LogP contribution in [0.15, 0.2) is 61.2 Å². The molecule has 2 rings (SSSR count). The summed E-state index contributed by atoms with van der Waals surface area (Å²) < 4.78 is 0. The number of nitrogens with zero attached hydrogens (tertiary/aromatic N) is 2. The molecule has 65 valence electrons.